The number of aryl methyl sites for hydroxylation is 1. The number of hydrogen-bond acceptors (Lipinski definition) is 5. The smallest absolute Gasteiger partial charge is 0.394 e. The van der Waals surface area contributed by atoms with Gasteiger partial charge in [0.1, 0.15) is 12.4 Å². The first kappa shape index (κ1) is 28.1. The van der Waals surface area contributed by atoms with E-state index < -0.39 is 18.1 Å². The van der Waals surface area contributed by atoms with Crippen LogP contribution in [0.25, 0.3) is 10.9 Å². The van der Waals surface area contributed by atoms with E-state index in [9.17, 15) is 23.1 Å². The van der Waals surface area contributed by atoms with Crippen molar-refractivity contribution in [3.63, 3.8) is 0 Å². The highest BCUT2D eigenvalue weighted by molar-refractivity contribution is 5.88. The first-order valence-electron chi connectivity index (χ1n) is 14.4. The van der Waals surface area contributed by atoms with Crippen molar-refractivity contribution >= 4 is 16.9 Å². The van der Waals surface area contributed by atoms with Crippen molar-refractivity contribution in [2.45, 2.75) is 63.5 Å². The number of carboxylic acid groups (broad SMARTS) is 1. The number of fused-ring (bicyclic) bond motifs is 1. The molecule has 10 heteroatoms. The molecular weight excluding hydrogens is 535 g/mol. The number of alkyl halides is 3. The van der Waals surface area contributed by atoms with E-state index in [-0.39, 0.29) is 30.7 Å². The van der Waals surface area contributed by atoms with Crippen molar-refractivity contribution in [3.8, 4) is 5.75 Å². The lowest BCUT2D eigenvalue weighted by Gasteiger charge is -2.50. The molecule has 1 aliphatic carbocycles. The molecule has 3 aliphatic rings. The molecule has 7 nitrogen and oxygen atoms in total. The normalized spacial score (nSPS) is 22.6. The molecule has 0 radical (unpaired) electrons. The molecule has 1 unspecified atom stereocenters. The Morgan fingerprint density at radius 1 is 1.10 bits per heavy atom. The Labute approximate surface area is 237 Å². The third kappa shape index (κ3) is 6.10. The summed E-state index contributed by atoms with van der Waals surface area (Å²) < 4.78 is 51.7. The fourth-order valence-electron chi connectivity index (χ4n) is 6.26. The quantitative estimate of drug-likeness (QED) is 0.294. The lowest BCUT2D eigenvalue weighted by atomic mass is 9.86. The van der Waals surface area contributed by atoms with Crippen LogP contribution in [0.2, 0.25) is 0 Å². The van der Waals surface area contributed by atoms with Crippen molar-refractivity contribution < 1.29 is 32.5 Å². The molecule has 2 saturated heterocycles. The third-order valence-electron chi connectivity index (χ3n) is 8.81. The summed E-state index contributed by atoms with van der Waals surface area (Å²) in [5.74, 6) is -1.44. The van der Waals surface area contributed by atoms with Crippen LogP contribution in [-0.4, -0.2) is 77.0 Å². The molecule has 6 rings (SSSR count). The summed E-state index contributed by atoms with van der Waals surface area (Å²) in [6.07, 6.45) is 1.79. The summed E-state index contributed by atoms with van der Waals surface area (Å²) in [6.45, 7) is 4.42. The van der Waals surface area contributed by atoms with E-state index >= 15 is 0 Å². The van der Waals surface area contributed by atoms with Gasteiger partial charge in [0.05, 0.1) is 24.2 Å². The number of ether oxygens (including phenoxy) is 2. The van der Waals surface area contributed by atoms with Crippen LogP contribution in [0.4, 0.5) is 13.2 Å². The van der Waals surface area contributed by atoms with Crippen LogP contribution in [0.1, 0.15) is 58.8 Å². The summed E-state index contributed by atoms with van der Waals surface area (Å²) in [6, 6.07) is 11.0. The van der Waals surface area contributed by atoms with Crippen molar-refractivity contribution in [1.29, 1.82) is 0 Å². The van der Waals surface area contributed by atoms with Gasteiger partial charge in [-0.3, -0.25) is 9.80 Å². The third-order valence-corrected chi connectivity index (χ3v) is 8.81. The number of halogens is 3. The van der Waals surface area contributed by atoms with Gasteiger partial charge in [-0.05, 0) is 68.0 Å². The van der Waals surface area contributed by atoms with Gasteiger partial charge in [0.2, 0.25) is 0 Å². The van der Waals surface area contributed by atoms with Crippen molar-refractivity contribution in [2.75, 3.05) is 32.8 Å². The number of carbonyl (C=O) groups is 1. The van der Waals surface area contributed by atoms with Crippen molar-refractivity contribution in [3.05, 3.63) is 64.8 Å². The number of H-pyrrole nitrogens is 1. The highest BCUT2D eigenvalue weighted by atomic mass is 19.4. The maximum atomic E-state index is 13.2. The number of nitrogens with zero attached hydrogens (tertiary/aromatic N) is 2. The Hall–Kier alpha value is -3.08. The molecule has 220 valence electrons. The molecule has 41 heavy (non-hydrogen) atoms. The van der Waals surface area contributed by atoms with Gasteiger partial charge in [-0.2, -0.15) is 13.2 Å². The summed E-state index contributed by atoms with van der Waals surface area (Å²) in [7, 11) is 0. The molecule has 2 N–H and O–H groups in total. The fraction of sp³-hybridized carbons (Fsp3) is 0.516. The number of benzene rings is 2. The van der Waals surface area contributed by atoms with E-state index in [0.717, 1.165) is 52.6 Å². The summed E-state index contributed by atoms with van der Waals surface area (Å²) in [5.41, 5.74) is 4.37. The Morgan fingerprint density at radius 3 is 2.54 bits per heavy atom. The number of aromatic carboxylic acids is 1. The van der Waals surface area contributed by atoms with E-state index in [1.54, 1.807) is 12.1 Å². The molecular formula is C31H36F3N3O4. The van der Waals surface area contributed by atoms with Crippen LogP contribution < -0.4 is 4.74 Å². The molecule has 0 amide bonds. The molecule has 2 aromatic carbocycles. The van der Waals surface area contributed by atoms with Crippen LogP contribution in [0.5, 0.6) is 5.75 Å². The number of piperidine rings is 1. The van der Waals surface area contributed by atoms with Crippen LogP contribution in [0.3, 0.4) is 0 Å². The zero-order valence-electron chi connectivity index (χ0n) is 23.1. The second-order valence-electron chi connectivity index (χ2n) is 11.6. The molecule has 3 heterocycles. The monoisotopic (exact) mass is 571 g/mol. The van der Waals surface area contributed by atoms with E-state index in [1.165, 1.54) is 0 Å². The second kappa shape index (κ2) is 11.3. The first-order chi connectivity index (χ1) is 19.7. The maximum Gasteiger partial charge on any atom is 0.394 e. The summed E-state index contributed by atoms with van der Waals surface area (Å²) >= 11 is 0. The van der Waals surface area contributed by atoms with E-state index in [1.807, 2.05) is 23.2 Å². The van der Waals surface area contributed by atoms with Crippen LogP contribution in [0.15, 0.2) is 42.6 Å². The van der Waals surface area contributed by atoms with Gasteiger partial charge in [-0.1, -0.05) is 12.1 Å². The second-order valence-corrected chi connectivity index (χ2v) is 11.6. The Morgan fingerprint density at radius 2 is 1.85 bits per heavy atom. The highest BCUT2D eigenvalue weighted by Crippen LogP contribution is 2.42. The first-order valence-corrected chi connectivity index (χ1v) is 14.4. The molecule has 1 aromatic heterocycles. The molecule has 1 saturated carbocycles. The van der Waals surface area contributed by atoms with Gasteiger partial charge >= 0.3 is 12.1 Å². The largest absolute Gasteiger partial charge is 0.491 e. The van der Waals surface area contributed by atoms with E-state index in [0.29, 0.717) is 38.8 Å². The molecule has 2 aliphatic heterocycles. The minimum atomic E-state index is -4.16. The maximum absolute atomic E-state index is 13.2. The van der Waals surface area contributed by atoms with Gasteiger partial charge < -0.3 is 19.6 Å². The minimum Gasteiger partial charge on any atom is -0.491 e. The van der Waals surface area contributed by atoms with Crippen LogP contribution >= 0.6 is 0 Å². The Kier molecular flexibility index (Phi) is 7.74. The van der Waals surface area contributed by atoms with Gasteiger partial charge in [0.25, 0.3) is 0 Å². The number of likely N-dealkylation sites (tertiary alicyclic amines) is 2. The number of nitrogens with one attached hydrogen (secondary N) is 1. The lowest BCUT2D eigenvalue weighted by molar-refractivity contribution is -0.216. The number of hydrogen-bond donors (Lipinski definition) is 2. The Bertz CT molecular complexity index is 1380. The van der Waals surface area contributed by atoms with Gasteiger partial charge in [-0.25, -0.2) is 4.79 Å². The van der Waals surface area contributed by atoms with Gasteiger partial charge in [0.15, 0.2) is 0 Å². The molecule has 3 fully saturated rings. The predicted molar refractivity (Wildman–Crippen MR) is 148 cm³/mol. The van der Waals surface area contributed by atoms with Gasteiger partial charge in [0, 0.05) is 60.9 Å². The van der Waals surface area contributed by atoms with Gasteiger partial charge in [-0.15, -0.1) is 0 Å². The minimum absolute atomic E-state index is 0.0367. The zero-order chi connectivity index (χ0) is 28.7. The standard InChI is InChI=1S/C31H36F3N3O4/c1-19-14-28(41-13-12-40-24-6-7-24)26(25-8-10-35-29(19)25)18-36-11-9-23(37-16-22(17-37)31(32,33)34)15-27(36)20-2-4-21(5-3-20)30(38)39/h2-5,8,10,14,22-24,27,35H,6-7,9,11-13,15-18H2,1H3,(H,38,39)/t23?,27-/m0/s1. The molecule has 3 aromatic rings. The average Bonchev–Trinajstić information content (AvgIpc) is 3.60. The average molecular weight is 572 g/mol. The number of carboxylic acids is 1. The summed E-state index contributed by atoms with van der Waals surface area (Å²) in [4.78, 5) is 19.1. The highest BCUT2D eigenvalue weighted by Gasteiger charge is 2.49. The van der Waals surface area contributed by atoms with Crippen molar-refractivity contribution in [1.82, 2.24) is 14.8 Å². The molecule has 0 spiro atoms. The zero-order valence-corrected chi connectivity index (χ0v) is 23.1. The molecule has 0 bridgehead atoms. The van der Waals surface area contributed by atoms with Crippen molar-refractivity contribution in [2.24, 2.45) is 5.92 Å². The predicted octanol–water partition coefficient (Wildman–Crippen LogP) is 5.93. The Balaban J connectivity index is 1.25. The fourth-order valence-corrected chi connectivity index (χ4v) is 6.26. The lowest BCUT2D eigenvalue weighted by Crippen LogP contribution is -2.59. The van der Waals surface area contributed by atoms with Crippen LogP contribution in [-0.2, 0) is 11.3 Å². The number of rotatable bonds is 10. The summed E-state index contributed by atoms with van der Waals surface area (Å²) in [5, 5.41) is 10.5. The topological polar surface area (TPSA) is 78.0 Å². The number of aromatic nitrogens is 1. The number of aromatic amines is 1. The molecule has 2 atom stereocenters. The van der Waals surface area contributed by atoms with E-state index in [2.05, 4.69) is 28.9 Å². The van der Waals surface area contributed by atoms with Crippen LogP contribution in [0, 0.1) is 12.8 Å². The SMILES string of the molecule is Cc1cc(OCCOC2CC2)c(CN2CCC(N3CC(C(F)(F)F)C3)C[C@H]2c2ccc(C(=O)O)cc2)c2cc[nH]c12. The van der Waals surface area contributed by atoms with E-state index in [4.69, 9.17) is 9.47 Å².